The highest BCUT2D eigenvalue weighted by atomic mass is 32.2. The molecule has 0 amide bonds. The summed E-state index contributed by atoms with van der Waals surface area (Å²) in [6.45, 7) is 2.56. The van der Waals surface area contributed by atoms with Crippen molar-refractivity contribution in [1.29, 1.82) is 0 Å². The fourth-order valence-electron chi connectivity index (χ4n) is 4.57. The van der Waals surface area contributed by atoms with E-state index in [1.54, 1.807) is 25.5 Å². The summed E-state index contributed by atoms with van der Waals surface area (Å²) in [6, 6.07) is 3.73. The number of benzene rings is 1. The Kier molecular flexibility index (Phi) is 5.97. The Morgan fingerprint density at radius 1 is 1.11 bits per heavy atom. The molecule has 1 saturated heterocycles. The van der Waals surface area contributed by atoms with Crippen molar-refractivity contribution in [2.45, 2.75) is 25.8 Å². The summed E-state index contributed by atoms with van der Waals surface area (Å²) >= 11 is 0. The SMILES string of the molecule is CCS(=O)(=O)N1CCC(n2cc(-c3cnc4[nH]cc(-c5cc(F)cc(F)c5C=O)c4c3)cn2)CC1. The first-order chi connectivity index (χ1) is 16.8. The van der Waals surface area contributed by atoms with Crippen LogP contribution in [0.3, 0.4) is 0 Å². The molecule has 0 atom stereocenters. The number of piperidine rings is 1. The normalized spacial score (nSPS) is 15.6. The van der Waals surface area contributed by atoms with Crippen LogP contribution in [-0.2, 0) is 10.0 Å². The van der Waals surface area contributed by atoms with E-state index in [2.05, 4.69) is 15.1 Å². The van der Waals surface area contributed by atoms with Crippen molar-refractivity contribution in [3.63, 3.8) is 0 Å². The molecule has 182 valence electrons. The van der Waals surface area contributed by atoms with Gasteiger partial charge < -0.3 is 4.98 Å². The summed E-state index contributed by atoms with van der Waals surface area (Å²) in [5.41, 5.74) is 2.46. The van der Waals surface area contributed by atoms with E-state index < -0.39 is 21.7 Å². The molecule has 11 heteroatoms. The lowest BCUT2D eigenvalue weighted by atomic mass is 9.98. The van der Waals surface area contributed by atoms with Gasteiger partial charge in [0.25, 0.3) is 0 Å². The average Bonchev–Trinajstić information content (AvgIpc) is 3.51. The summed E-state index contributed by atoms with van der Waals surface area (Å²) in [7, 11) is -3.19. The minimum Gasteiger partial charge on any atom is -0.346 e. The molecule has 0 bridgehead atoms. The third-order valence-electron chi connectivity index (χ3n) is 6.52. The van der Waals surface area contributed by atoms with E-state index in [4.69, 9.17) is 0 Å². The molecule has 0 spiro atoms. The molecule has 0 aliphatic carbocycles. The molecule has 4 heterocycles. The Morgan fingerprint density at radius 2 is 1.89 bits per heavy atom. The highest BCUT2D eigenvalue weighted by Gasteiger charge is 2.28. The smallest absolute Gasteiger partial charge is 0.213 e. The van der Waals surface area contributed by atoms with Crippen LogP contribution < -0.4 is 0 Å². The topological polar surface area (TPSA) is 101 Å². The van der Waals surface area contributed by atoms with E-state index in [1.807, 2.05) is 16.9 Å². The summed E-state index contributed by atoms with van der Waals surface area (Å²) < 4.78 is 55.7. The second-order valence-electron chi connectivity index (χ2n) is 8.53. The second kappa shape index (κ2) is 8.97. The number of nitrogens with zero attached hydrogens (tertiary/aromatic N) is 4. The highest BCUT2D eigenvalue weighted by molar-refractivity contribution is 7.89. The van der Waals surface area contributed by atoms with Crippen LogP contribution in [0, 0.1) is 11.6 Å². The number of fused-ring (bicyclic) bond motifs is 1. The number of halogens is 2. The number of rotatable bonds is 6. The standard InChI is InChI=1S/C24H23F2N5O3S/c1-2-35(33,34)30-5-3-18(4-6-30)31-13-16(11-29-31)15-7-20-21(12-28-24(20)27-10-15)19-8-17(25)9-23(26)22(19)14-32/h7-14,18H,2-6H2,1H3,(H,27,28). The maximum Gasteiger partial charge on any atom is 0.213 e. The van der Waals surface area contributed by atoms with Gasteiger partial charge in [0.15, 0.2) is 6.29 Å². The van der Waals surface area contributed by atoms with Crippen molar-refractivity contribution >= 4 is 27.3 Å². The number of aromatic amines is 1. The van der Waals surface area contributed by atoms with Crippen LogP contribution in [0.4, 0.5) is 8.78 Å². The highest BCUT2D eigenvalue weighted by Crippen LogP contribution is 2.34. The summed E-state index contributed by atoms with van der Waals surface area (Å²) in [4.78, 5) is 18.9. The van der Waals surface area contributed by atoms with Gasteiger partial charge in [0.05, 0.1) is 23.6 Å². The van der Waals surface area contributed by atoms with E-state index in [0.717, 1.165) is 17.2 Å². The van der Waals surface area contributed by atoms with Crippen LogP contribution in [0.15, 0.2) is 43.0 Å². The first kappa shape index (κ1) is 23.3. The summed E-state index contributed by atoms with van der Waals surface area (Å²) in [5.74, 6) is -1.61. The van der Waals surface area contributed by atoms with Gasteiger partial charge in [-0.25, -0.2) is 26.5 Å². The van der Waals surface area contributed by atoms with Crippen molar-refractivity contribution in [2.75, 3.05) is 18.8 Å². The van der Waals surface area contributed by atoms with Gasteiger partial charge in [-0.2, -0.15) is 5.10 Å². The van der Waals surface area contributed by atoms with Crippen LogP contribution in [0.2, 0.25) is 0 Å². The van der Waals surface area contributed by atoms with E-state index in [1.165, 1.54) is 4.31 Å². The first-order valence-corrected chi connectivity index (χ1v) is 12.9. The zero-order chi connectivity index (χ0) is 24.7. The lowest BCUT2D eigenvalue weighted by Crippen LogP contribution is -2.39. The van der Waals surface area contributed by atoms with Crippen LogP contribution in [-0.4, -0.2) is 57.6 Å². The first-order valence-electron chi connectivity index (χ1n) is 11.2. The quantitative estimate of drug-likeness (QED) is 0.401. The fourth-order valence-corrected chi connectivity index (χ4v) is 5.70. The van der Waals surface area contributed by atoms with Gasteiger partial charge >= 0.3 is 0 Å². The Bertz CT molecular complexity index is 1520. The van der Waals surface area contributed by atoms with Crippen molar-refractivity contribution in [3.05, 3.63) is 60.2 Å². The molecule has 0 saturated carbocycles. The van der Waals surface area contributed by atoms with Gasteiger partial charge in [-0.3, -0.25) is 9.48 Å². The van der Waals surface area contributed by atoms with Crippen LogP contribution in [0.1, 0.15) is 36.2 Å². The molecular weight excluding hydrogens is 476 g/mol. The van der Waals surface area contributed by atoms with E-state index in [0.29, 0.717) is 54.9 Å². The lowest BCUT2D eigenvalue weighted by molar-refractivity contribution is 0.112. The number of aromatic nitrogens is 4. The minimum absolute atomic E-state index is 0.0805. The fraction of sp³-hybridized carbons (Fsp3) is 0.292. The molecule has 1 aliphatic rings. The number of nitrogens with one attached hydrogen (secondary N) is 1. The van der Waals surface area contributed by atoms with Gasteiger partial charge in [0, 0.05) is 65.4 Å². The Morgan fingerprint density at radius 3 is 2.60 bits per heavy atom. The van der Waals surface area contributed by atoms with Gasteiger partial charge in [-0.15, -0.1) is 0 Å². The maximum atomic E-state index is 14.2. The molecule has 1 aliphatic heterocycles. The molecule has 8 nitrogen and oxygen atoms in total. The molecule has 1 fully saturated rings. The number of carbonyl (C=O) groups excluding carboxylic acids is 1. The summed E-state index contributed by atoms with van der Waals surface area (Å²) in [6.07, 6.45) is 8.56. The predicted molar refractivity (Wildman–Crippen MR) is 127 cm³/mol. The van der Waals surface area contributed by atoms with E-state index in [-0.39, 0.29) is 22.9 Å². The molecule has 0 unspecified atom stereocenters. The van der Waals surface area contributed by atoms with Crippen molar-refractivity contribution in [3.8, 4) is 22.3 Å². The summed E-state index contributed by atoms with van der Waals surface area (Å²) in [5, 5.41) is 5.10. The molecule has 0 radical (unpaired) electrons. The average molecular weight is 500 g/mol. The number of hydrogen-bond donors (Lipinski definition) is 1. The maximum absolute atomic E-state index is 14.2. The van der Waals surface area contributed by atoms with E-state index >= 15 is 0 Å². The van der Waals surface area contributed by atoms with Crippen LogP contribution in [0.5, 0.6) is 0 Å². The number of H-pyrrole nitrogens is 1. The third-order valence-corrected chi connectivity index (χ3v) is 8.41. The van der Waals surface area contributed by atoms with Gasteiger partial charge in [0.2, 0.25) is 10.0 Å². The molecule has 4 aromatic rings. The lowest BCUT2D eigenvalue weighted by Gasteiger charge is -2.31. The molecule has 1 aromatic carbocycles. The number of sulfonamides is 1. The monoisotopic (exact) mass is 499 g/mol. The van der Waals surface area contributed by atoms with Crippen molar-refractivity contribution < 1.29 is 22.0 Å². The minimum atomic E-state index is -3.19. The zero-order valence-electron chi connectivity index (χ0n) is 18.9. The zero-order valence-corrected chi connectivity index (χ0v) is 19.7. The van der Waals surface area contributed by atoms with Crippen molar-refractivity contribution in [1.82, 2.24) is 24.1 Å². The van der Waals surface area contributed by atoms with Gasteiger partial charge in [-0.05, 0) is 31.9 Å². The van der Waals surface area contributed by atoms with Gasteiger partial charge in [0.1, 0.15) is 17.3 Å². The van der Waals surface area contributed by atoms with Crippen LogP contribution >= 0.6 is 0 Å². The van der Waals surface area contributed by atoms with E-state index in [9.17, 15) is 22.0 Å². The number of aldehydes is 1. The molecule has 1 N–H and O–H groups in total. The van der Waals surface area contributed by atoms with Crippen LogP contribution in [0.25, 0.3) is 33.3 Å². The third kappa shape index (κ3) is 4.25. The van der Waals surface area contributed by atoms with Crippen molar-refractivity contribution in [2.24, 2.45) is 0 Å². The largest absolute Gasteiger partial charge is 0.346 e. The predicted octanol–water partition coefficient (Wildman–Crippen LogP) is 4.17. The molecule has 3 aromatic heterocycles. The number of hydrogen-bond acceptors (Lipinski definition) is 5. The molecule has 35 heavy (non-hydrogen) atoms. The number of carbonyl (C=O) groups is 1. The Balaban J connectivity index is 1.45. The number of pyridine rings is 1. The second-order valence-corrected chi connectivity index (χ2v) is 10.8. The molecule has 5 rings (SSSR count). The Hall–Kier alpha value is -3.44. The molecular formula is C24H23F2N5O3S. The Labute approximate surface area is 200 Å². The van der Waals surface area contributed by atoms with Gasteiger partial charge in [-0.1, -0.05) is 0 Å².